The van der Waals surface area contributed by atoms with Gasteiger partial charge in [0.05, 0.1) is 0 Å². The Kier molecular flexibility index (Phi) is 1.33. The number of carbonyl (C=O) groups is 2. The number of carbonyl (C=O) groups excluding carboxylic acids is 2. The van der Waals surface area contributed by atoms with Crippen molar-refractivity contribution in [3.63, 3.8) is 0 Å². The van der Waals surface area contributed by atoms with Gasteiger partial charge in [0.25, 0.3) is 0 Å². The molecule has 2 aliphatic heterocycles. The van der Waals surface area contributed by atoms with Crippen LogP contribution in [0.4, 0.5) is 0 Å². The minimum absolute atomic E-state index is 0.172. The first-order valence-corrected chi connectivity index (χ1v) is 3.48. The van der Waals surface area contributed by atoms with E-state index >= 15 is 0 Å². The van der Waals surface area contributed by atoms with Gasteiger partial charge in [0.1, 0.15) is 11.4 Å². The van der Waals surface area contributed by atoms with Gasteiger partial charge in [-0.3, -0.25) is 9.59 Å². The molecule has 60 valence electrons. The third-order valence-electron chi connectivity index (χ3n) is 1.67. The average molecular weight is 162 g/mol. The maximum atomic E-state index is 11.1. The Morgan fingerprint density at radius 3 is 1.50 bits per heavy atom. The van der Waals surface area contributed by atoms with Crippen molar-refractivity contribution in [2.24, 2.45) is 0 Å². The summed E-state index contributed by atoms with van der Waals surface area (Å²) in [6, 6.07) is 0. The van der Waals surface area contributed by atoms with Crippen molar-refractivity contribution in [2.75, 3.05) is 0 Å². The van der Waals surface area contributed by atoms with Gasteiger partial charge in [-0.15, -0.1) is 0 Å². The molecule has 0 saturated carbocycles. The minimum atomic E-state index is -0.172. The van der Waals surface area contributed by atoms with Crippen LogP contribution in [-0.2, 0) is 9.59 Å². The van der Waals surface area contributed by atoms with Gasteiger partial charge in [-0.05, 0) is 0 Å². The van der Waals surface area contributed by atoms with Crippen molar-refractivity contribution in [1.29, 1.82) is 0 Å². The summed E-state index contributed by atoms with van der Waals surface area (Å²) in [6.45, 7) is 0. The zero-order valence-corrected chi connectivity index (χ0v) is 6.13. The van der Waals surface area contributed by atoms with Gasteiger partial charge in [0.2, 0.25) is 11.6 Å². The summed E-state index contributed by atoms with van der Waals surface area (Å²) in [7, 11) is 0. The van der Waals surface area contributed by atoms with Gasteiger partial charge in [-0.1, -0.05) is 0 Å². The smallest absolute Gasteiger partial charge is 0.205 e. The fraction of sp³-hybridized carbons (Fsp3) is 0. The maximum Gasteiger partial charge on any atom is 0.205 e. The monoisotopic (exact) mass is 162 g/mol. The summed E-state index contributed by atoms with van der Waals surface area (Å²) >= 11 is 0. The molecule has 2 rings (SSSR count). The molecule has 0 unspecified atom stereocenters. The predicted molar refractivity (Wildman–Crippen MR) is 41.6 cm³/mol. The van der Waals surface area contributed by atoms with E-state index in [2.05, 4.69) is 10.6 Å². The lowest BCUT2D eigenvalue weighted by molar-refractivity contribution is -0.113. The lowest BCUT2D eigenvalue weighted by atomic mass is 10.2. The van der Waals surface area contributed by atoms with Crippen molar-refractivity contribution < 1.29 is 9.59 Å². The molecule has 0 aromatic rings. The zero-order valence-electron chi connectivity index (χ0n) is 6.13. The third-order valence-corrected chi connectivity index (χ3v) is 1.67. The lowest BCUT2D eigenvalue weighted by Gasteiger charge is -2.01. The van der Waals surface area contributed by atoms with Crippen LogP contribution >= 0.6 is 0 Å². The summed E-state index contributed by atoms with van der Waals surface area (Å²) in [6.07, 6.45) is 5.79. The highest BCUT2D eigenvalue weighted by Gasteiger charge is 2.22. The fourth-order valence-electron chi connectivity index (χ4n) is 1.10. The Morgan fingerprint density at radius 1 is 0.833 bits per heavy atom. The van der Waals surface area contributed by atoms with E-state index in [1.807, 2.05) is 0 Å². The summed E-state index contributed by atoms with van der Waals surface area (Å²) in [5, 5.41) is 5.41. The molecule has 0 fully saturated rings. The molecule has 0 atom stereocenters. The van der Waals surface area contributed by atoms with E-state index in [4.69, 9.17) is 0 Å². The van der Waals surface area contributed by atoms with Gasteiger partial charge >= 0.3 is 0 Å². The zero-order chi connectivity index (χ0) is 8.55. The van der Waals surface area contributed by atoms with Crippen molar-refractivity contribution in [3.05, 3.63) is 35.9 Å². The molecule has 4 nitrogen and oxygen atoms in total. The Bertz CT molecular complexity index is 316. The van der Waals surface area contributed by atoms with Crippen LogP contribution in [0.3, 0.4) is 0 Å². The van der Waals surface area contributed by atoms with Crippen LogP contribution < -0.4 is 10.6 Å². The number of hydrogen-bond donors (Lipinski definition) is 2. The van der Waals surface area contributed by atoms with E-state index in [1.165, 1.54) is 24.6 Å². The molecular formula is C8H6N2O2. The van der Waals surface area contributed by atoms with Crippen LogP contribution in [0.1, 0.15) is 0 Å². The molecule has 0 spiro atoms. The highest BCUT2D eigenvalue weighted by Crippen LogP contribution is 2.10. The molecule has 0 aromatic carbocycles. The molecule has 4 heteroatoms. The van der Waals surface area contributed by atoms with Gasteiger partial charge in [0.15, 0.2) is 0 Å². The van der Waals surface area contributed by atoms with Crippen LogP contribution in [0.2, 0.25) is 0 Å². The number of hydrogen-bond acceptors (Lipinski definition) is 4. The summed E-state index contributed by atoms with van der Waals surface area (Å²) in [5.74, 6) is -0.343. The third kappa shape index (κ3) is 0.852. The summed E-state index contributed by atoms with van der Waals surface area (Å²) < 4.78 is 0. The van der Waals surface area contributed by atoms with Crippen LogP contribution in [0.15, 0.2) is 35.9 Å². The molecule has 0 amide bonds. The van der Waals surface area contributed by atoms with Crippen molar-refractivity contribution in [1.82, 2.24) is 10.6 Å². The molecule has 12 heavy (non-hydrogen) atoms. The molecule has 0 aliphatic carbocycles. The van der Waals surface area contributed by atoms with Crippen LogP contribution in [0.25, 0.3) is 0 Å². The van der Waals surface area contributed by atoms with E-state index in [0.717, 1.165) is 0 Å². The van der Waals surface area contributed by atoms with E-state index in [-0.39, 0.29) is 11.6 Å². The first-order valence-electron chi connectivity index (χ1n) is 3.48. The van der Waals surface area contributed by atoms with Crippen molar-refractivity contribution >= 4 is 11.6 Å². The van der Waals surface area contributed by atoms with Gasteiger partial charge in [-0.2, -0.15) is 0 Å². The largest absolute Gasteiger partial charge is 0.357 e. The standard InChI is InChI=1S/C8H6N2O2/c11-5-1-3-9-7(5)8-6(12)2-4-10-8/h1-4,9-10H/b8-7-. The highest BCUT2D eigenvalue weighted by molar-refractivity contribution is 6.15. The van der Waals surface area contributed by atoms with Crippen LogP contribution in [-0.4, -0.2) is 11.6 Å². The number of nitrogens with one attached hydrogen (secondary N) is 2. The van der Waals surface area contributed by atoms with Gasteiger partial charge in [-0.25, -0.2) is 0 Å². The molecule has 0 bridgehead atoms. The molecular weight excluding hydrogens is 156 g/mol. The Balaban J connectivity index is 2.39. The number of rotatable bonds is 0. The Morgan fingerprint density at radius 2 is 1.25 bits per heavy atom. The first-order chi connectivity index (χ1) is 5.79. The number of ketones is 2. The second kappa shape index (κ2) is 2.34. The lowest BCUT2D eigenvalue weighted by Crippen LogP contribution is -2.18. The van der Waals surface area contributed by atoms with Gasteiger partial charge in [0, 0.05) is 24.6 Å². The first kappa shape index (κ1) is 6.84. The average Bonchev–Trinajstić information content (AvgIpc) is 2.59. The maximum absolute atomic E-state index is 11.1. The summed E-state index contributed by atoms with van der Waals surface area (Å²) in [5.41, 5.74) is 0.648. The Hall–Kier alpha value is -1.84. The normalized spacial score (nSPS) is 26.3. The van der Waals surface area contributed by atoms with E-state index in [0.29, 0.717) is 11.4 Å². The predicted octanol–water partition coefficient (Wildman–Crippen LogP) is -0.430. The topological polar surface area (TPSA) is 58.2 Å². The molecule has 0 aromatic heterocycles. The number of allylic oxidation sites excluding steroid dienone is 2. The summed E-state index contributed by atoms with van der Waals surface area (Å²) in [4.78, 5) is 22.2. The van der Waals surface area contributed by atoms with E-state index < -0.39 is 0 Å². The highest BCUT2D eigenvalue weighted by atomic mass is 16.1. The van der Waals surface area contributed by atoms with Gasteiger partial charge < -0.3 is 10.6 Å². The SMILES string of the molecule is O=C1C=CN/C1=C1\NC=CC1=O. The van der Waals surface area contributed by atoms with Crippen molar-refractivity contribution in [2.45, 2.75) is 0 Å². The van der Waals surface area contributed by atoms with Crippen molar-refractivity contribution in [3.8, 4) is 0 Å². The molecule has 0 radical (unpaired) electrons. The van der Waals surface area contributed by atoms with E-state index in [1.54, 1.807) is 0 Å². The molecule has 2 N–H and O–H groups in total. The Labute approximate surface area is 68.6 Å². The molecule has 2 aliphatic rings. The fourth-order valence-corrected chi connectivity index (χ4v) is 1.10. The quantitative estimate of drug-likeness (QED) is 0.474. The second-order valence-corrected chi connectivity index (χ2v) is 2.43. The molecule has 2 heterocycles. The second-order valence-electron chi connectivity index (χ2n) is 2.43. The van der Waals surface area contributed by atoms with Crippen LogP contribution in [0, 0.1) is 0 Å². The van der Waals surface area contributed by atoms with E-state index in [9.17, 15) is 9.59 Å². The van der Waals surface area contributed by atoms with Crippen LogP contribution in [0.5, 0.6) is 0 Å². The minimum Gasteiger partial charge on any atom is -0.357 e. The molecule has 0 saturated heterocycles.